The van der Waals surface area contributed by atoms with Crippen LogP contribution in [-0.2, 0) is 0 Å². The van der Waals surface area contributed by atoms with E-state index in [9.17, 15) is 4.79 Å². The van der Waals surface area contributed by atoms with Crippen molar-refractivity contribution in [2.45, 2.75) is 0 Å². The second kappa shape index (κ2) is 1.92. The highest BCUT2D eigenvalue weighted by Crippen LogP contribution is 2.00. The predicted molar refractivity (Wildman–Crippen MR) is 41.8 cm³/mol. The van der Waals surface area contributed by atoms with E-state index < -0.39 is 0 Å². The summed E-state index contributed by atoms with van der Waals surface area (Å²) in [5.74, 6) is 0. The highest BCUT2D eigenvalue weighted by atomic mass is 16.2. The molecule has 0 atom stereocenters. The van der Waals surface area contributed by atoms with Crippen LogP contribution in [0.25, 0.3) is 6.58 Å². The SMILES string of the molecule is C=c1ccc2c(c1)NC(=O)N=2. The molecule has 1 aliphatic heterocycles. The van der Waals surface area contributed by atoms with Crippen LogP contribution in [0.3, 0.4) is 0 Å². The molecule has 0 fully saturated rings. The first kappa shape index (κ1) is 6.09. The molecule has 0 aliphatic carbocycles. The van der Waals surface area contributed by atoms with Crippen molar-refractivity contribution in [3.05, 3.63) is 28.8 Å². The molecular weight excluding hydrogens is 140 g/mol. The number of carbonyl (C=O) groups excluding carboxylic acids is 1. The number of urea groups is 1. The van der Waals surface area contributed by atoms with Gasteiger partial charge < -0.3 is 5.32 Å². The number of fused-ring (bicyclic) bond motifs is 1. The first-order valence-electron chi connectivity index (χ1n) is 3.24. The fourth-order valence-electron chi connectivity index (χ4n) is 1.03. The smallest absolute Gasteiger partial charge is 0.304 e. The van der Waals surface area contributed by atoms with E-state index >= 15 is 0 Å². The number of hydrogen-bond acceptors (Lipinski definition) is 1. The summed E-state index contributed by atoms with van der Waals surface area (Å²) in [6.07, 6.45) is 0. The van der Waals surface area contributed by atoms with Gasteiger partial charge in [-0.05, 0) is 17.4 Å². The Bertz CT molecular complexity index is 422. The van der Waals surface area contributed by atoms with Crippen LogP contribution in [0.1, 0.15) is 0 Å². The molecule has 1 aliphatic rings. The van der Waals surface area contributed by atoms with Gasteiger partial charge in [0.1, 0.15) is 0 Å². The highest BCUT2D eigenvalue weighted by molar-refractivity contribution is 5.93. The number of rotatable bonds is 0. The van der Waals surface area contributed by atoms with Gasteiger partial charge in [-0.2, -0.15) is 4.99 Å². The number of anilines is 1. The summed E-state index contributed by atoms with van der Waals surface area (Å²) in [6, 6.07) is 5.09. The van der Waals surface area contributed by atoms with Gasteiger partial charge in [-0.15, -0.1) is 0 Å². The van der Waals surface area contributed by atoms with E-state index in [4.69, 9.17) is 0 Å². The monoisotopic (exact) mass is 146 g/mol. The molecule has 0 saturated carbocycles. The lowest BCUT2D eigenvalue weighted by Crippen LogP contribution is -2.08. The average molecular weight is 146 g/mol. The zero-order valence-electron chi connectivity index (χ0n) is 5.79. The summed E-state index contributed by atoms with van der Waals surface area (Å²) in [4.78, 5) is 14.4. The third kappa shape index (κ3) is 0.902. The number of nitrogens with one attached hydrogen (secondary N) is 1. The zero-order valence-corrected chi connectivity index (χ0v) is 5.79. The molecule has 11 heavy (non-hydrogen) atoms. The lowest BCUT2D eigenvalue weighted by atomic mass is 10.3. The molecule has 1 heterocycles. The fourth-order valence-corrected chi connectivity index (χ4v) is 1.03. The molecule has 2 rings (SSSR count). The molecule has 1 N–H and O–H groups in total. The molecule has 0 saturated heterocycles. The van der Waals surface area contributed by atoms with Gasteiger partial charge in [-0.3, -0.25) is 0 Å². The minimum absolute atomic E-state index is 0.300. The van der Waals surface area contributed by atoms with Gasteiger partial charge in [0.15, 0.2) is 0 Å². The Morgan fingerprint density at radius 3 is 3.09 bits per heavy atom. The van der Waals surface area contributed by atoms with Crippen molar-refractivity contribution in [3.8, 4) is 0 Å². The Morgan fingerprint density at radius 1 is 1.45 bits per heavy atom. The standard InChI is InChI=1S/C8H6N2O/c1-5-2-3-6-7(4-5)10-8(11)9-6/h2-4H,1H2,(H,10,11). The number of nitrogens with zero attached hydrogens (tertiary/aromatic N) is 1. The minimum Gasteiger partial charge on any atom is -0.304 e. The van der Waals surface area contributed by atoms with Crippen LogP contribution in [-0.4, -0.2) is 6.03 Å². The van der Waals surface area contributed by atoms with Crippen LogP contribution in [0.5, 0.6) is 0 Å². The van der Waals surface area contributed by atoms with Crippen LogP contribution in [0.2, 0.25) is 0 Å². The van der Waals surface area contributed by atoms with Crippen LogP contribution >= 0.6 is 0 Å². The van der Waals surface area contributed by atoms with Gasteiger partial charge in [-0.25, -0.2) is 4.79 Å². The zero-order chi connectivity index (χ0) is 7.84. The summed E-state index contributed by atoms with van der Waals surface area (Å²) in [7, 11) is 0. The molecule has 0 radical (unpaired) electrons. The number of amides is 2. The average Bonchev–Trinajstić information content (AvgIpc) is 2.27. The molecule has 0 unspecified atom stereocenters. The minimum atomic E-state index is -0.300. The Morgan fingerprint density at radius 2 is 2.27 bits per heavy atom. The number of hydrogen-bond donors (Lipinski definition) is 1. The molecule has 1 aromatic carbocycles. The molecule has 54 valence electrons. The maximum absolute atomic E-state index is 10.7. The summed E-state index contributed by atoms with van der Waals surface area (Å²) in [5, 5.41) is 4.17. The van der Waals surface area contributed by atoms with Crippen LogP contribution in [0.4, 0.5) is 10.5 Å². The van der Waals surface area contributed by atoms with E-state index in [1.165, 1.54) is 0 Å². The predicted octanol–water partition coefficient (Wildman–Crippen LogP) is 0.262. The second-order valence-corrected chi connectivity index (χ2v) is 2.39. The largest absolute Gasteiger partial charge is 0.346 e. The van der Waals surface area contributed by atoms with Crippen LogP contribution < -0.4 is 15.9 Å². The molecular formula is C8H6N2O. The fraction of sp³-hybridized carbons (Fsp3) is 0. The van der Waals surface area contributed by atoms with Crippen molar-refractivity contribution in [1.82, 2.24) is 0 Å². The van der Waals surface area contributed by atoms with Crippen LogP contribution in [0.15, 0.2) is 23.2 Å². The van der Waals surface area contributed by atoms with Crippen molar-refractivity contribution in [2.24, 2.45) is 4.99 Å². The summed E-state index contributed by atoms with van der Waals surface area (Å²) in [6.45, 7) is 3.73. The highest BCUT2D eigenvalue weighted by Gasteiger charge is 2.08. The molecule has 0 aromatic heterocycles. The second-order valence-electron chi connectivity index (χ2n) is 2.39. The topological polar surface area (TPSA) is 41.5 Å². The maximum atomic E-state index is 10.7. The van der Waals surface area contributed by atoms with Crippen molar-refractivity contribution in [1.29, 1.82) is 0 Å². The Balaban J connectivity index is 2.77. The van der Waals surface area contributed by atoms with E-state index in [1.54, 1.807) is 12.1 Å². The van der Waals surface area contributed by atoms with Crippen molar-refractivity contribution >= 4 is 18.3 Å². The first-order chi connectivity index (χ1) is 5.25. The van der Waals surface area contributed by atoms with Crippen molar-refractivity contribution < 1.29 is 4.79 Å². The maximum Gasteiger partial charge on any atom is 0.346 e. The Hall–Kier alpha value is -1.64. The Labute approximate surface area is 63.1 Å². The van der Waals surface area contributed by atoms with Gasteiger partial charge in [0.05, 0.1) is 11.0 Å². The van der Waals surface area contributed by atoms with E-state index in [0.29, 0.717) is 5.36 Å². The van der Waals surface area contributed by atoms with Gasteiger partial charge >= 0.3 is 6.03 Å². The lowest BCUT2D eigenvalue weighted by Gasteiger charge is -1.90. The molecule has 2 amide bonds. The van der Waals surface area contributed by atoms with Crippen molar-refractivity contribution in [3.63, 3.8) is 0 Å². The van der Waals surface area contributed by atoms with Crippen molar-refractivity contribution in [2.75, 3.05) is 5.32 Å². The number of benzene rings is 1. The van der Waals surface area contributed by atoms with Gasteiger partial charge in [0.25, 0.3) is 0 Å². The van der Waals surface area contributed by atoms with Crippen LogP contribution in [0, 0.1) is 0 Å². The quantitative estimate of drug-likeness (QED) is 0.560. The molecule has 3 nitrogen and oxygen atoms in total. The van der Waals surface area contributed by atoms with E-state index in [1.807, 2.05) is 6.07 Å². The third-order valence-electron chi connectivity index (χ3n) is 1.52. The third-order valence-corrected chi connectivity index (χ3v) is 1.52. The summed E-state index contributed by atoms with van der Waals surface area (Å²) >= 11 is 0. The Kier molecular flexibility index (Phi) is 1.06. The molecule has 3 heteroatoms. The van der Waals surface area contributed by atoms with Gasteiger partial charge in [0, 0.05) is 0 Å². The van der Waals surface area contributed by atoms with Gasteiger partial charge in [0.2, 0.25) is 0 Å². The van der Waals surface area contributed by atoms with Gasteiger partial charge in [-0.1, -0.05) is 12.6 Å². The number of carbonyl (C=O) groups is 1. The summed E-state index contributed by atoms with van der Waals surface area (Å²) in [5.41, 5.74) is 0.752. The first-order valence-corrected chi connectivity index (χ1v) is 3.24. The van der Waals surface area contributed by atoms with E-state index in [-0.39, 0.29) is 6.03 Å². The van der Waals surface area contributed by atoms with E-state index in [2.05, 4.69) is 16.9 Å². The molecule has 1 aromatic rings. The normalized spacial score (nSPS) is 13.6. The summed E-state index contributed by atoms with van der Waals surface area (Å²) < 4.78 is 0. The lowest BCUT2D eigenvalue weighted by molar-refractivity contribution is 0.260. The molecule has 0 spiro atoms. The molecule has 0 bridgehead atoms. The van der Waals surface area contributed by atoms with E-state index in [0.717, 1.165) is 10.9 Å².